The number of anilines is 1. The molecule has 82 valence electrons. The lowest BCUT2D eigenvalue weighted by molar-refractivity contribution is 0.107. The van der Waals surface area contributed by atoms with E-state index in [1.807, 2.05) is 0 Å². The first-order valence-corrected chi connectivity index (χ1v) is 6.00. The molecule has 0 spiro atoms. The summed E-state index contributed by atoms with van der Waals surface area (Å²) in [5.74, 6) is 0.987. The monoisotopic (exact) mass is 269 g/mol. The minimum atomic E-state index is -0.0865. The number of ether oxygens (including phenoxy) is 1. The Bertz CT molecular complexity index is 387. The molecule has 1 N–H and O–H groups in total. The maximum Gasteiger partial charge on any atom is 0.146 e. The van der Waals surface area contributed by atoms with Crippen molar-refractivity contribution in [2.75, 3.05) is 11.9 Å². The Hall–Kier alpha value is -0.700. The second kappa shape index (κ2) is 3.71. The molecule has 0 unspecified atom stereocenters. The van der Waals surface area contributed by atoms with Crippen molar-refractivity contribution in [2.45, 2.75) is 32.8 Å². The lowest BCUT2D eigenvalue weighted by atomic mass is 10.1. The molecule has 0 atom stereocenters. The summed E-state index contributed by atoms with van der Waals surface area (Å²) in [6.07, 6.45) is 1.01. The van der Waals surface area contributed by atoms with Gasteiger partial charge in [0.15, 0.2) is 0 Å². The van der Waals surface area contributed by atoms with E-state index in [1.165, 1.54) is 5.56 Å². The lowest BCUT2D eigenvalue weighted by Gasteiger charge is -2.25. The van der Waals surface area contributed by atoms with Crippen LogP contribution in [0.1, 0.15) is 25.8 Å². The van der Waals surface area contributed by atoms with Gasteiger partial charge in [0.25, 0.3) is 0 Å². The van der Waals surface area contributed by atoms with E-state index in [1.54, 1.807) is 0 Å². The summed E-state index contributed by atoms with van der Waals surface area (Å²) in [7, 11) is 0. The van der Waals surface area contributed by atoms with Gasteiger partial charge in [0.1, 0.15) is 11.4 Å². The molecule has 0 aromatic heterocycles. The van der Waals surface area contributed by atoms with Gasteiger partial charge in [-0.3, -0.25) is 0 Å². The Kier molecular flexibility index (Phi) is 2.67. The van der Waals surface area contributed by atoms with Crippen molar-refractivity contribution in [3.05, 3.63) is 22.2 Å². The van der Waals surface area contributed by atoms with Crippen molar-refractivity contribution in [2.24, 2.45) is 0 Å². The molecule has 0 aliphatic carbocycles. The van der Waals surface area contributed by atoms with Gasteiger partial charge >= 0.3 is 0 Å². The van der Waals surface area contributed by atoms with Crippen LogP contribution in [0.4, 0.5) is 5.69 Å². The normalized spacial score (nSPS) is 18.4. The summed E-state index contributed by atoms with van der Waals surface area (Å²) in [5.41, 5.74) is 2.17. The molecule has 2 nitrogen and oxygen atoms in total. The van der Waals surface area contributed by atoms with E-state index >= 15 is 0 Å². The molecule has 0 saturated carbocycles. The van der Waals surface area contributed by atoms with E-state index in [0.717, 1.165) is 28.9 Å². The highest BCUT2D eigenvalue weighted by Gasteiger charge is 2.25. The van der Waals surface area contributed by atoms with Gasteiger partial charge in [-0.1, -0.05) is 15.9 Å². The fraction of sp³-hybridized carbons (Fsp3) is 0.500. The fourth-order valence-electron chi connectivity index (χ4n) is 1.82. The smallest absolute Gasteiger partial charge is 0.146 e. The van der Waals surface area contributed by atoms with Crippen LogP contribution in [0.5, 0.6) is 5.75 Å². The van der Waals surface area contributed by atoms with Gasteiger partial charge in [-0.05, 0) is 38.5 Å². The zero-order chi connectivity index (χ0) is 11.1. The number of aryl methyl sites for hydroxylation is 1. The van der Waals surface area contributed by atoms with Crippen LogP contribution in [0, 0.1) is 6.92 Å². The molecular formula is C12H16BrNO. The summed E-state index contributed by atoms with van der Waals surface area (Å²) in [4.78, 5) is 0. The predicted molar refractivity (Wildman–Crippen MR) is 66.7 cm³/mol. The van der Waals surface area contributed by atoms with Crippen molar-refractivity contribution in [1.29, 1.82) is 0 Å². The fourth-order valence-corrected chi connectivity index (χ4v) is 2.39. The van der Waals surface area contributed by atoms with Crippen LogP contribution in [0.3, 0.4) is 0 Å². The Balaban J connectivity index is 2.47. The van der Waals surface area contributed by atoms with Crippen LogP contribution >= 0.6 is 15.9 Å². The third-order valence-corrected chi connectivity index (χ3v) is 3.12. The van der Waals surface area contributed by atoms with Gasteiger partial charge in [-0.2, -0.15) is 0 Å². The van der Waals surface area contributed by atoms with Crippen molar-refractivity contribution in [3.8, 4) is 5.75 Å². The van der Waals surface area contributed by atoms with Gasteiger partial charge < -0.3 is 10.1 Å². The minimum absolute atomic E-state index is 0.0865. The van der Waals surface area contributed by atoms with Gasteiger partial charge in [-0.25, -0.2) is 0 Å². The first-order chi connectivity index (χ1) is 6.98. The highest BCUT2D eigenvalue weighted by Crippen LogP contribution is 2.37. The summed E-state index contributed by atoms with van der Waals surface area (Å²) < 4.78 is 7.14. The largest absolute Gasteiger partial charge is 0.485 e. The molecule has 15 heavy (non-hydrogen) atoms. The van der Waals surface area contributed by atoms with E-state index in [4.69, 9.17) is 4.74 Å². The Morgan fingerprint density at radius 2 is 2.13 bits per heavy atom. The summed E-state index contributed by atoms with van der Waals surface area (Å²) in [6.45, 7) is 7.29. The first kappa shape index (κ1) is 10.8. The quantitative estimate of drug-likeness (QED) is 0.775. The minimum Gasteiger partial charge on any atom is -0.485 e. The Morgan fingerprint density at radius 1 is 1.40 bits per heavy atom. The number of benzene rings is 1. The SMILES string of the molecule is Cc1cc(Br)cc2c1OC(C)(C)CCN2. The predicted octanol–water partition coefficient (Wildman–Crippen LogP) is 3.73. The molecular weight excluding hydrogens is 254 g/mol. The molecule has 1 aliphatic heterocycles. The molecule has 1 aliphatic rings. The van der Waals surface area contributed by atoms with E-state index in [0.29, 0.717) is 0 Å². The second-order valence-electron chi connectivity index (χ2n) is 4.64. The van der Waals surface area contributed by atoms with Crippen LogP contribution in [0.2, 0.25) is 0 Å². The highest BCUT2D eigenvalue weighted by atomic mass is 79.9. The standard InChI is InChI=1S/C12H16BrNO/c1-8-6-9(13)7-10-11(8)15-12(2,3)4-5-14-10/h6-7,14H,4-5H2,1-3H3. The van der Waals surface area contributed by atoms with Crippen LogP contribution in [0.15, 0.2) is 16.6 Å². The number of hydrogen-bond donors (Lipinski definition) is 1. The Morgan fingerprint density at radius 3 is 2.87 bits per heavy atom. The third-order valence-electron chi connectivity index (χ3n) is 2.66. The maximum atomic E-state index is 6.05. The molecule has 0 saturated heterocycles. The third kappa shape index (κ3) is 2.28. The van der Waals surface area contributed by atoms with Gasteiger partial charge in [0, 0.05) is 17.4 Å². The number of fused-ring (bicyclic) bond motifs is 1. The summed E-state index contributed by atoms with van der Waals surface area (Å²) in [5, 5.41) is 3.41. The van der Waals surface area contributed by atoms with Gasteiger partial charge in [0.05, 0.1) is 5.69 Å². The number of halogens is 1. The van der Waals surface area contributed by atoms with E-state index in [9.17, 15) is 0 Å². The molecule has 1 heterocycles. The summed E-state index contributed by atoms with van der Waals surface area (Å²) >= 11 is 3.50. The van der Waals surface area contributed by atoms with E-state index in [2.05, 4.69) is 54.2 Å². The van der Waals surface area contributed by atoms with Gasteiger partial charge in [0.2, 0.25) is 0 Å². The molecule has 1 aromatic rings. The van der Waals surface area contributed by atoms with E-state index in [-0.39, 0.29) is 5.60 Å². The average Bonchev–Trinajstić information content (AvgIpc) is 2.23. The van der Waals surface area contributed by atoms with Crippen molar-refractivity contribution >= 4 is 21.6 Å². The summed E-state index contributed by atoms with van der Waals surface area (Å²) in [6, 6.07) is 4.16. The van der Waals surface area contributed by atoms with Crippen molar-refractivity contribution < 1.29 is 4.74 Å². The molecule has 3 heteroatoms. The van der Waals surface area contributed by atoms with Crippen LogP contribution in [-0.4, -0.2) is 12.1 Å². The van der Waals surface area contributed by atoms with Crippen molar-refractivity contribution in [1.82, 2.24) is 0 Å². The number of rotatable bonds is 0. The van der Waals surface area contributed by atoms with Crippen LogP contribution in [0.25, 0.3) is 0 Å². The number of hydrogen-bond acceptors (Lipinski definition) is 2. The highest BCUT2D eigenvalue weighted by molar-refractivity contribution is 9.10. The van der Waals surface area contributed by atoms with E-state index < -0.39 is 0 Å². The molecule has 0 radical (unpaired) electrons. The Labute approximate surface area is 99.1 Å². The van der Waals surface area contributed by atoms with Crippen molar-refractivity contribution in [3.63, 3.8) is 0 Å². The average molecular weight is 270 g/mol. The first-order valence-electron chi connectivity index (χ1n) is 5.21. The molecule has 0 fully saturated rings. The molecule has 0 bridgehead atoms. The van der Waals surface area contributed by atoms with Crippen LogP contribution in [-0.2, 0) is 0 Å². The lowest BCUT2D eigenvalue weighted by Crippen LogP contribution is -2.28. The number of nitrogens with one attached hydrogen (secondary N) is 1. The maximum absolute atomic E-state index is 6.05. The zero-order valence-electron chi connectivity index (χ0n) is 9.36. The molecule has 0 amide bonds. The zero-order valence-corrected chi connectivity index (χ0v) is 10.9. The molecule has 1 aromatic carbocycles. The van der Waals surface area contributed by atoms with Crippen LogP contribution < -0.4 is 10.1 Å². The van der Waals surface area contributed by atoms with Gasteiger partial charge in [-0.15, -0.1) is 0 Å². The second-order valence-corrected chi connectivity index (χ2v) is 5.55. The molecule has 2 rings (SSSR count). The topological polar surface area (TPSA) is 21.3 Å².